The maximum absolute atomic E-state index is 12.9. The monoisotopic (exact) mass is 319 g/mol. The molecule has 2 aromatic rings. The van der Waals surface area contributed by atoms with Crippen molar-refractivity contribution in [1.29, 1.82) is 0 Å². The third-order valence-electron chi connectivity index (χ3n) is 3.60. The van der Waals surface area contributed by atoms with Gasteiger partial charge in [0.05, 0.1) is 12.2 Å². The number of rotatable bonds is 3. The topological polar surface area (TPSA) is 73.1 Å². The first kappa shape index (κ1) is 15.5. The van der Waals surface area contributed by atoms with Gasteiger partial charge in [0.25, 0.3) is 0 Å². The predicted molar refractivity (Wildman–Crippen MR) is 79.8 cm³/mol. The molecule has 1 aliphatic rings. The van der Waals surface area contributed by atoms with Crippen LogP contribution in [0.25, 0.3) is 11.4 Å². The maximum Gasteiger partial charge on any atom is 0.246 e. The standard InChI is InChI=1S/C15H18FN5O2/c1-10-7-20(8-11(2)23-10)14(22)9-21-18-15(17-19-21)12-3-5-13(16)6-4-12/h3-6,10-11H,7-9H2,1-2H3/t10-,11-/m1/s1. The highest BCUT2D eigenvalue weighted by Crippen LogP contribution is 2.14. The zero-order valence-electron chi connectivity index (χ0n) is 13.0. The van der Waals surface area contributed by atoms with Crippen LogP contribution in [0.5, 0.6) is 0 Å². The molecule has 8 heteroatoms. The number of amides is 1. The number of carbonyl (C=O) groups is 1. The highest BCUT2D eigenvalue weighted by Gasteiger charge is 2.26. The first-order valence-corrected chi connectivity index (χ1v) is 7.48. The molecule has 23 heavy (non-hydrogen) atoms. The molecule has 2 atom stereocenters. The largest absolute Gasteiger partial charge is 0.372 e. The van der Waals surface area contributed by atoms with Gasteiger partial charge >= 0.3 is 0 Å². The van der Waals surface area contributed by atoms with Gasteiger partial charge in [-0.25, -0.2) is 4.39 Å². The fourth-order valence-corrected chi connectivity index (χ4v) is 2.63. The van der Waals surface area contributed by atoms with Gasteiger partial charge < -0.3 is 9.64 Å². The Kier molecular flexibility index (Phi) is 4.33. The summed E-state index contributed by atoms with van der Waals surface area (Å²) in [5, 5.41) is 12.0. The van der Waals surface area contributed by atoms with Crippen molar-refractivity contribution in [3.8, 4) is 11.4 Å². The first-order chi connectivity index (χ1) is 11.0. The summed E-state index contributed by atoms with van der Waals surface area (Å²) in [6, 6.07) is 5.81. The number of carbonyl (C=O) groups excluding carboxylic acids is 1. The minimum Gasteiger partial charge on any atom is -0.372 e. The van der Waals surface area contributed by atoms with E-state index in [9.17, 15) is 9.18 Å². The molecule has 1 aliphatic heterocycles. The van der Waals surface area contributed by atoms with Crippen molar-refractivity contribution >= 4 is 5.91 Å². The molecule has 3 rings (SSSR count). The summed E-state index contributed by atoms with van der Waals surface area (Å²) in [5.41, 5.74) is 0.652. The molecule has 7 nitrogen and oxygen atoms in total. The first-order valence-electron chi connectivity index (χ1n) is 7.48. The van der Waals surface area contributed by atoms with E-state index < -0.39 is 0 Å². The Balaban J connectivity index is 1.66. The van der Waals surface area contributed by atoms with Crippen LogP contribution in [0.3, 0.4) is 0 Å². The van der Waals surface area contributed by atoms with Crippen molar-refractivity contribution in [2.75, 3.05) is 13.1 Å². The van der Waals surface area contributed by atoms with E-state index in [2.05, 4.69) is 15.4 Å². The highest BCUT2D eigenvalue weighted by atomic mass is 19.1. The van der Waals surface area contributed by atoms with Crippen molar-refractivity contribution < 1.29 is 13.9 Å². The van der Waals surface area contributed by atoms with Crippen LogP contribution in [0.1, 0.15) is 13.8 Å². The van der Waals surface area contributed by atoms with Crippen molar-refractivity contribution in [2.24, 2.45) is 0 Å². The summed E-state index contributed by atoms with van der Waals surface area (Å²) in [6.07, 6.45) is 0.0300. The molecule has 1 amide bonds. The second-order valence-electron chi connectivity index (χ2n) is 5.71. The minimum absolute atomic E-state index is 0.0150. The van der Waals surface area contributed by atoms with Gasteiger partial charge in [0, 0.05) is 18.7 Å². The number of aromatic nitrogens is 4. The molecule has 0 aliphatic carbocycles. The molecule has 1 aromatic carbocycles. The van der Waals surface area contributed by atoms with Crippen LogP contribution in [0.2, 0.25) is 0 Å². The van der Waals surface area contributed by atoms with Crippen molar-refractivity contribution in [1.82, 2.24) is 25.1 Å². The number of benzene rings is 1. The summed E-state index contributed by atoms with van der Waals surface area (Å²) >= 11 is 0. The maximum atomic E-state index is 12.9. The van der Waals surface area contributed by atoms with Crippen molar-refractivity contribution in [3.05, 3.63) is 30.1 Å². The van der Waals surface area contributed by atoms with E-state index in [4.69, 9.17) is 4.74 Å². The lowest BCUT2D eigenvalue weighted by molar-refractivity contribution is -0.144. The Bertz CT molecular complexity index is 677. The zero-order chi connectivity index (χ0) is 16.4. The van der Waals surface area contributed by atoms with Gasteiger partial charge in [-0.1, -0.05) is 0 Å². The highest BCUT2D eigenvalue weighted by molar-refractivity contribution is 5.76. The summed E-state index contributed by atoms with van der Waals surface area (Å²) in [7, 11) is 0. The van der Waals surface area contributed by atoms with Gasteiger partial charge in [-0.3, -0.25) is 4.79 Å². The number of morpholine rings is 1. The minimum atomic E-state index is -0.327. The lowest BCUT2D eigenvalue weighted by Crippen LogP contribution is -2.49. The van der Waals surface area contributed by atoms with Gasteiger partial charge in [0.1, 0.15) is 12.4 Å². The van der Waals surface area contributed by atoms with Crippen LogP contribution < -0.4 is 0 Å². The molecule has 0 N–H and O–H groups in total. The molecule has 0 saturated carbocycles. The van der Waals surface area contributed by atoms with Crippen molar-refractivity contribution in [2.45, 2.75) is 32.6 Å². The summed E-state index contributed by atoms with van der Waals surface area (Å²) in [6.45, 7) is 5.02. The fraction of sp³-hybridized carbons (Fsp3) is 0.467. The molecule has 0 unspecified atom stereocenters. The number of tetrazole rings is 1. The van der Waals surface area contributed by atoms with E-state index in [-0.39, 0.29) is 30.5 Å². The number of ether oxygens (including phenoxy) is 1. The predicted octanol–water partition coefficient (Wildman–Crippen LogP) is 1.11. The molecule has 1 saturated heterocycles. The van der Waals surface area contributed by atoms with Crippen molar-refractivity contribution in [3.63, 3.8) is 0 Å². The Hall–Kier alpha value is -2.35. The summed E-state index contributed by atoms with van der Waals surface area (Å²) in [4.78, 5) is 15.3. The lowest BCUT2D eigenvalue weighted by atomic mass is 10.2. The Morgan fingerprint density at radius 2 is 1.91 bits per heavy atom. The molecule has 0 spiro atoms. The molecule has 0 bridgehead atoms. The third kappa shape index (κ3) is 3.70. The van der Waals surface area contributed by atoms with E-state index >= 15 is 0 Å². The van der Waals surface area contributed by atoms with Crippen LogP contribution in [0, 0.1) is 5.82 Å². The van der Waals surface area contributed by atoms with Crippen LogP contribution >= 0.6 is 0 Å². The average molecular weight is 319 g/mol. The van der Waals surface area contributed by atoms with E-state index in [0.717, 1.165) is 0 Å². The number of hydrogen-bond donors (Lipinski definition) is 0. The number of hydrogen-bond acceptors (Lipinski definition) is 5. The smallest absolute Gasteiger partial charge is 0.246 e. The van der Waals surface area contributed by atoms with E-state index in [1.165, 1.54) is 16.9 Å². The normalized spacial score (nSPS) is 21.4. The lowest BCUT2D eigenvalue weighted by Gasteiger charge is -2.35. The zero-order valence-corrected chi connectivity index (χ0v) is 13.0. The quantitative estimate of drug-likeness (QED) is 0.847. The second-order valence-corrected chi connectivity index (χ2v) is 5.71. The van der Waals surface area contributed by atoms with Gasteiger partial charge in [0.15, 0.2) is 0 Å². The van der Waals surface area contributed by atoms with Crippen LogP contribution in [-0.2, 0) is 16.1 Å². The molecule has 1 fully saturated rings. The van der Waals surface area contributed by atoms with Crippen LogP contribution in [0.15, 0.2) is 24.3 Å². The molecular formula is C15H18FN5O2. The average Bonchev–Trinajstić information content (AvgIpc) is 2.95. The molecule has 2 heterocycles. The SMILES string of the molecule is C[C@@H]1CN(C(=O)Cn2nnc(-c3ccc(F)cc3)n2)C[C@@H](C)O1. The van der Waals surface area contributed by atoms with Crippen LogP contribution in [-0.4, -0.2) is 56.3 Å². The second kappa shape index (κ2) is 6.41. The molecular weight excluding hydrogens is 301 g/mol. The molecule has 1 aromatic heterocycles. The van der Waals surface area contributed by atoms with E-state index in [1.807, 2.05) is 13.8 Å². The van der Waals surface area contributed by atoms with Gasteiger partial charge in [-0.2, -0.15) is 4.80 Å². The fourth-order valence-electron chi connectivity index (χ4n) is 2.63. The Morgan fingerprint density at radius 3 is 2.57 bits per heavy atom. The van der Waals surface area contributed by atoms with Gasteiger partial charge in [0.2, 0.25) is 11.7 Å². The Morgan fingerprint density at radius 1 is 1.26 bits per heavy atom. The Labute approximate surface area is 133 Å². The van der Waals surface area contributed by atoms with Gasteiger partial charge in [-0.15, -0.1) is 10.2 Å². The molecule has 0 radical (unpaired) electrons. The van der Waals surface area contributed by atoms with Crippen LogP contribution in [0.4, 0.5) is 4.39 Å². The molecule has 122 valence electrons. The van der Waals surface area contributed by atoms with E-state index in [1.54, 1.807) is 17.0 Å². The number of nitrogens with zero attached hydrogens (tertiary/aromatic N) is 5. The van der Waals surface area contributed by atoms with Gasteiger partial charge in [-0.05, 0) is 43.3 Å². The van der Waals surface area contributed by atoms with E-state index in [0.29, 0.717) is 24.5 Å². The summed E-state index contributed by atoms with van der Waals surface area (Å²) in [5.74, 6) is -0.0385. The third-order valence-corrected chi connectivity index (χ3v) is 3.60. The number of halogens is 1. The summed E-state index contributed by atoms with van der Waals surface area (Å²) < 4.78 is 18.5.